The molecule has 0 aliphatic rings. The van der Waals surface area contributed by atoms with Gasteiger partial charge in [-0.15, -0.1) is 0 Å². The monoisotopic (exact) mass is 284 g/mol. The molecule has 0 bridgehead atoms. The third-order valence-electron chi connectivity index (χ3n) is 2.91. The van der Waals surface area contributed by atoms with Gasteiger partial charge in [0.2, 0.25) is 11.7 Å². The molecule has 0 aromatic carbocycles. The van der Waals surface area contributed by atoms with Crippen molar-refractivity contribution in [1.29, 1.82) is 0 Å². The van der Waals surface area contributed by atoms with Gasteiger partial charge in [0.05, 0.1) is 12.6 Å². The van der Waals surface area contributed by atoms with Gasteiger partial charge in [-0.3, -0.25) is 19.2 Å². The smallest absolute Gasteiger partial charge is 0.289 e. The Hall–Kier alpha value is -1.72. The summed E-state index contributed by atoms with van der Waals surface area (Å²) in [6, 6.07) is -0.890. The molecule has 6 heteroatoms. The van der Waals surface area contributed by atoms with E-state index in [0.717, 1.165) is 19.3 Å². The Morgan fingerprint density at radius 3 is 2.20 bits per heavy atom. The van der Waals surface area contributed by atoms with Crippen molar-refractivity contribution in [2.24, 2.45) is 5.92 Å². The number of amides is 2. The van der Waals surface area contributed by atoms with Crippen LogP contribution in [0.3, 0.4) is 0 Å². The highest BCUT2D eigenvalue weighted by Gasteiger charge is 2.24. The lowest BCUT2D eigenvalue weighted by molar-refractivity contribution is -0.140. The van der Waals surface area contributed by atoms with Crippen LogP contribution in [0.2, 0.25) is 0 Å². The Labute approximate surface area is 119 Å². The van der Waals surface area contributed by atoms with E-state index in [9.17, 15) is 19.2 Å². The number of unbranched alkanes of at least 4 members (excludes halogenated alkanes) is 1. The molecule has 0 rings (SSSR count). The van der Waals surface area contributed by atoms with E-state index < -0.39 is 17.7 Å². The Morgan fingerprint density at radius 2 is 1.70 bits per heavy atom. The molecule has 0 fully saturated rings. The van der Waals surface area contributed by atoms with Crippen molar-refractivity contribution in [3.63, 3.8) is 0 Å². The van der Waals surface area contributed by atoms with Gasteiger partial charge in [-0.1, -0.05) is 26.7 Å². The average molecular weight is 284 g/mol. The average Bonchev–Trinajstić information content (AvgIpc) is 2.40. The lowest BCUT2D eigenvalue weighted by atomic mass is 10.0. The van der Waals surface area contributed by atoms with E-state index in [0.29, 0.717) is 0 Å². The van der Waals surface area contributed by atoms with Crippen LogP contribution in [-0.2, 0) is 19.2 Å². The highest BCUT2D eigenvalue weighted by atomic mass is 16.2. The molecule has 0 saturated carbocycles. The molecular weight excluding hydrogens is 260 g/mol. The standard InChI is InChI=1S/C14H24N2O4/c1-5-6-7-9(2)13(19)16-11(4)12(18)14(20)15-8-10(3)17/h9,11H,5-8H2,1-4H3,(H,15,20)(H,16,19). The number of rotatable bonds is 9. The maximum Gasteiger partial charge on any atom is 0.289 e. The van der Waals surface area contributed by atoms with Gasteiger partial charge in [0.1, 0.15) is 5.78 Å². The van der Waals surface area contributed by atoms with E-state index in [1.54, 1.807) is 6.92 Å². The number of nitrogens with one attached hydrogen (secondary N) is 2. The second kappa shape index (κ2) is 9.23. The number of carbonyl (C=O) groups is 4. The molecule has 2 amide bonds. The van der Waals surface area contributed by atoms with Crippen LogP contribution in [0, 0.1) is 5.92 Å². The fourth-order valence-corrected chi connectivity index (χ4v) is 1.55. The zero-order chi connectivity index (χ0) is 15.7. The number of hydrogen-bond acceptors (Lipinski definition) is 4. The first kappa shape index (κ1) is 18.3. The number of ketones is 2. The third kappa shape index (κ3) is 7.01. The van der Waals surface area contributed by atoms with Crippen molar-refractivity contribution in [1.82, 2.24) is 10.6 Å². The van der Waals surface area contributed by atoms with Crippen LogP contribution in [0.15, 0.2) is 0 Å². The molecule has 0 aromatic rings. The van der Waals surface area contributed by atoms with Gasteiger partial charge in [0.15, 0.2) is 0 Å². The van der Waals surface area contributed by atoms with Crippen molar-refractivity contribution in [2.75, 3.05) is 6.54 Å². The van der Waals surface area contributed by atoms with Crippen LogP contribution < -0.4 is 10.6 Å². The molecule has 0 aliphatic heterocycles. The lowest BCUT2D eigenvalue weighted by Gasteiger charge is -2.16. The summed E-state index contributed by atoms with van der Waals surface area (Å²) in [4.78, 5) is 45.7. The molecule has 6 nitrogen and oxygen atoms in total. The minimum atomic E-state index is -0.890. The number of hydrogen-bond donors (Lipinski definition) is 2. The fraction of sp³-hybridized carbons (Fsp3) is 0.714. The first-order valence-corrected chi connectivity index (χ1v) is 6.91. The van der Waals surface area contributed by atoms with Gasteiger partial charge in [0, 0.05) is 5.92 Å². The minimum absolute atomic E-state index is 0.182. The maximum absolute atomic E-state index is 11.8. The largest absolute Gasteiger partial charge is 0.346 e. The predicted molar refractivity (Wildman–Crippen MR) is 75.0 cm³/mol. The minimum Gasteiger partial charge on any atom is -0.346 e. The molecule has 0 radical (unpaired) electrons. The van der Waals surface area contributed by atoms with Crippen LogP contribution >= 0.6 is 0 Å². The van der Waals surface area contributed by atoms with Crippen LogP contribution in [0.25, 0.3) is 0 Å². The first-order chi connectivity index (χ1) is 9.29. The van der Waals surface area contributed by atoms with Crippen molar-refractivity contribution in [3.8, 4) is 0 Å². The van der Waals surface area contributed by atoms with Gasteiger partial charge in [-0.25, -0.2) is 0 Å². The van der Waals surface area contributed by atoms with Crippen molar-refractivity contribution in [2.45, 2.75) is 53.0 Å². The first-order valence-electron chi connectivity index (χ1n) is 6.91. The van der Waals surface area contributed by atoms with Crippen LogP contribution in [0.1, 0.15) is 47.0 Å². The van der Waals surface area contributed by atoms with Gasteiger partial charge in [0.25, 0.3) is 5.91 Å². The predicted octanol–water partition coefficient (Wildman–Crippen LogP) is 0.592. The second-order valence-corrected chi connectivity index (χ2v) is 5.02. The summed E-state index contributed by atoms with van der Waals surface area (Å²) in [5.74, 6) is -2.27. The summed E-state index contributed by atoms with van der Waals surface area (Å²) in [5, 5.41) is 4.73. The highest BCUT2D eigenvalue weighted by Crippen LogP contribution is 2.07. The van der Waals surface area contributed by atoms with E-state index in [4.69, 9.17) is 0 Å². The zero-order valence-corrected chi connectivity index (χ0v) is 12.6. The molecule has 20 heavy (non-hydrogen) atoms. The Kier molecular flexibility index (Phi) is 8.43. The molecule has 0 saturated heterocycles. The van der Waals surface area contributed by atoms with Crippen LogP contribution in [0.5, 0.6) is 0 Å². The Morgan fingerprint density at radius 1 is 1.10 bits per heavy atom. The molecule has 2 atom stereocenters. The van der Waals surface area contributed by atoms with Gasteiger partial charge in [-0.2, -0.15) is 0 Å². The van der Waals surface area contributed by atoms with Crippen molar-refractivity contribution in [3.05, 3.63) is 0 Å². The molecular formula is C14H24N2O4. The molecule has 0 aliphatic carbocycles. The summed E-state index contributed by atoms with van der Waals surface area (Å²) in [5.41, 5.74) is 0. The number of carbonyl (C=O) groups excluding carboxylic acids is 4. The van der Waals surface area contributed by atoms with E-state index in [-0.39, 0.29) is 24.2 Å². The van der Waals surface area contributed by atoms with Crippen molar-refractivity contribution < 1.29 is 19.2 Å². The van der Waals surface area contributed by atoms with E-state index in [1.165, 1.54) is 13.8 Å². The summed E-state index contributed by atoms with van der Waals surface area (Å²) in [6.45, 7) is 6.41. The summed E-state index contributed by atoms with van der Waals surface area (Å²) < 4.78 is 0. The van der Waals surface area contributed by atoms with Crippen molar-refractivity contribution >= 4 is 23.4 Å². The maximum atomic E-state index is 11.8. The topological polar surface area (TPSA) is 92.3 Å². The summed E-state index contributed by atoms with van der Waals surface area (Å²) >= 11 is 0. The third-order valence-corrected chi connectivity index (χ3v) is 2.91. The summed E-state index contributed by atoms with van der Waals surface area (Å²) in [6.07, 6.45) is 2.69. The summed E-state index contributed by atoms with van der Waals surface area (Å²) in [7, 11) is 0. The number of Topliss-reactive ketones (excluding diaryl/α,β-unsaturated/α-hetero) is 2. The van der Waals surface area contributed by atoms with Gasteiger partial charge < -0.3 is 10.6 Å². The molecule has 2 N–H and O–H groups in total. The quantitative estimate of drug-likeness (QED) is 0.606. The van der Waals surface area contributed by atoms with Crippen LogP contribution in [0.4, 0.5) is 0 Å². The second-order valence-electron chi connectivity index (χ2n) is 5.02. The SMILES string of the molecule is CCCCC(C)C(=O)NC(C)C(=O)C(=O)NCC(C)=O. The van der Waals surface area contributed by atoms with Gasteiger partial charge in [-0.05, 0) is 20.3 Å². The molecule has 2 unspecified atom stereocenters. The Bertz CT molecular complexity index is 379. The molecule has 0 spiro atoms. The zero-order valence-electron chi connectivity index (χ0n) is 12.6. The van der Waals surface area contributed by atoms with Crippen LogP contribution in [-0.4, -0.2) is 36.0 Å². The molecule has 114 valence electrons. The Balaban J connectivity index is 4.27. The highest BCUT2D eigenvalue weighted by molar-refractivity contribution is 6.38. The fourth-order valence-electron chi connectivity index (χ4n) is 1.55. The van der Waals surface area contributed by atoms with E-state index >= 15 is 0 Å². The molecule has 0 aromatic heterocycles. The van der Waals surface area contributed by atoms with E-state index in [1.807, 2.05) is 6.92 Å². The normalized spacial score (nSPS) is 13.2. The van der Waals surface area contributed by atoms with E-state index in [2.05, 4.69) is 10.6 Å². The van der Waals surface area contributed by atoms with Gasteiger partial charge >= 0.3 is 0 Å². The lowest BCUT2D eigenvalue weighted by Crippen LogP contribution is -2.47. The molecule has 0 heterocycles.